The maximum absolute atomic E-state index is 3.52. The molecule has 12 heavy (non-hydrogen) atoms. The van der Waals surface area contributed by atoms with E-state index in [0.29, 0.717) is 0 Å². The predicted molar refractivity (Wildman–Crippen MR) is 60.8 cm³/mol. The zero-order valence-corrected chi connectivity index (χ0v) is 10.5. The quantitative estimate of drug-likeness (QED) is 0.595. The third-order valence-electron chi connectivity index (χ3n) is 2.99. The molecule has 0 spiro atoms. The van der Waals surface area contributed by atoms with Crippen LogP contribution in [0.15, 0.2) is 0 Å². The Hall–Kier alpha value is 0.480. The third-order valence-corrected chi connectivity index (χ3v) is 4.10. The van der Waals surface area contributed by atoms with Crippen molar-refractivity contribution in [2.45, 2.75) is 47.0 Å². The molecule has 0 saturated heterocycles. The fourth-order valence-corrected chi connectivity index (χ4v) is 1.64. The first-order valence-electron chi connectivity index (χ1n) is 5.17. The van der Waals surface area contributed by atoms with E-state index in [0.717, 1.165) is 23.1 Å². The van der Waals surface area contributed by atoms with Gasteiger partial charge in [-0.2, -0.15) is 0 Å². The summed E-state index contributed by atoms with van der Waals surface area (Å²) in [6.07, 6.45) is 4.09. The van der Waals surface area contributed by atoms with Crippen LogP contribution in [-0.4, -0.2) is 5.33 Å². The van der Waals surface area contributed by atoms with Gasteiger partial charge >= 0.3 is 0 Å². The van der Waals surface area contributed by atoms with E-state index < -0.39 is 0 Å². The van der Waals surface area contributed by atoms with Crippen molar-refractivity contribution >= 4 is 15.9 Å². The fourth-order valence-electron chi connectivity index (χ4n) is 1.31. The summed E-state index contributed by atoms with van der Waals surface area (Å²) in [5, 5.41) is 1.15. The highest BCUT2D eigenvalue weighted by Crippen LogP contribution is 2.22. The minimum atomic E-state index is 0.844. The smallest absolute Gasteiger partial charge is 0.00570 e. The lowest BCUT2D eigenvalue weighted by Crippen LogP contribution is -2.09. The van der Waals surface area contributed by atoms with Crippen molar-refractivity contribution in [1.29, 1.82) is 0 Å². The van der Waals surface area contributed by atoms with E-state index in [1.807, 2.05) is 0 Å². The molecule has 0 bridgehead atoms. The lowest BCUT2D eigenvalue weighted by molar-refractivity contribution is 0.331. The molecule has 0 N–H and O–H groups in total. The maximum atomic E-state index is 3.52. The first-order valence-corrected chi connectivity index (χ1v) is 6.29. The average Bonchev–Trinajstić information content (AvgIpc) is 2.11. The molecule has 0 nitrogen and oxygen atoms in total. The first kappa shape index (κ1) is 12.5. The van der Waals surface area contributed by atoms with E-state index >= 15 is 0 Å². The normalized spacial score (nSPS) is 18.8. The summed E-state index contributed by atoms with van der Waals surface area (Å²) in [5.41, 5.74) is 0. The Balaban J connectivity index is 3.49. The molecule has 74 valence electrons. The van der Waals surface area contributed by atoms with Crippen LogP contribution in [0.5, 0.6) is 0 Å². The maximum Gasteiger partial charge on any atom is 0.00570 e. The van der Waals surface area contributed by atoms with Crippen molar-refractivity contribution in [1.82, 2.24) is 0 Å². The fraction of sp³-hybridized carbons (Fsp3) is 1.00. The second-order valence-corrected chi connectivity index (χ2v) is 4.85. The van der Waals surface area contributed by atoms with Crippen molar-refractivity contribution < 1.29 is 0 Å². The molecule has 0 rings (SSSR count). The summed E-state index contributed by atoms with van der Waals surface area (Å²) in [5.74, 6) is 2.64. The largest absolute Gasteiger partial charge is 0.0925 e. The van der Waals surface area contributed by atoms with E-state index in [4.69, 9.17) is 0 Å². The molecule has 0 radical (unpaired) electrons. The molecule has 0 amide bonds. The molecule has 0 fully saturated rings. The van der Waals surface area contributed by atoms with Gasteiger partial charge in [0.1, 0.15) is 0 Å². The summed E-state index contributed by atoms with van der Waals surface area (Å²) in [7, 11) is 0. The van der Waals surface area contributed by atoms with Crippen LogP contribution in [0.25, 0.3) is 0 Å². The molecule has 3 unspecified atom stereocenters. The average molecular weight is 235 g/mol. The van der Waals surface area contributed by atoms with Gasteiger partial charge in [-0.1, -0.05) is 56.5 Å². The molecule has 0 saturated carbocycles. The van der Waals surface area contributed by atoms with Gasteiger partial charge in [-0.05, 0) is 24.2 Å². The van der Waals surface area contributed by atoms with Gasteiger partial charge in [0.2, 0.25) is 0 Å². The van der Waals surface area contributed by atoms with Gasteiger partial charge in [-0.3, -0.25) is 0 Å². The number of alkyl halides is 1. The third kappa shape index (κ3) is 5.18. The van der Waals surface area contributed by atoms with E-state index in [2.05, 4.69) is 43.6 Å². The first-order chi connectivity index (χ1) is 5.61. The molecule has 0 aromatic heterocycles. The van der Waals surface area contributed by atoms with Crippen molar-refractivity contribution in [3.8, 4) is 0 Å². The van der Waals surface area contributed by atoms with Crippen LogP contribution >= 0.6 is 15.9 Å². The molecule has 1 heteroatoms. The molecular formula is C11H23Br. The second-order valence-electron chi connectivity index (χ2n) is 4.20. The summed E-state index contributed by atoms with van der Waals surface area (Å²) < 4.78 is 0. The lowest BCUT2D eigenvalue weighted by atomic mass is 9.88. The highest BCUT2D eigenvalue weighted by Gasteiger charge is 2.11. The van der Waals surface area contributed by atoms with Crippen LogP contribution in [0.2, 0.25) is 0 Å². The Kier molecular flexibility index (Phi) is 7.22. The number of hydrogen-bond donors (Lipinski definition) is 0. The highest BCUT2D eigenvalue weighted by molar-refractivity contribution is 9.09. The van der Waals surface area contributed by atoms with Gasteiger partial charge in [-0.25, -0.2) is 0 Å². The summed E-state index contributed by atoms with van der Waals surface area (Å²) in [6.45, 7) is 9.35. The molecule has 0 heterocycles. The number of hydrogen-bond acceptors (Lipinski definition) is 0. The van der Waals surface area contributed by atoms with Gasteiger partial charge < -0.3 is 0 Å². The van der Waals surface area contributed by atoms with Gasteiger partial charge in [0.05, 0.1) is 0 Å². The number of halogens is 1. The molecule has 0 aromatic rings. The van der Waals surface area contributed by atoms with Crippen molar-refractivity contribution in [3.63, 3.8) is 0 Å². The van der Waals surface area contributed by atoms with Crippen LogP contribution in [0.4, 0.5) is 0 Å². The Bertz CT molecular complexity index is 101. The van der Waals surface area contributed by atoms with Crippen LogP contribution in [-0.2, 0) is 0 Å². The SMILES string of the molecule is CCC(C)C(C)CCC(C)CBr. The molecule has 3 atom stereocenters. The Morgan fingerprint density at radius 1 is 1.00 bits per heavy atom. The lowest BCUT2D eigenvalue weighted by Gasteiger charge is -2.19. The Morgan fingerprint density at radius 2 is 1.58 bits per heavy atom. The minimum Gasteiger partial charge on any atom is -0.0925 e. The molecule has 0 aliphatic heterocycles. The van der Waals surface area contributed by atoms with Gasteiger partial charge in [0.25, 0.3) is 0 Å². The minimum absolute atomic E-state index is 0.844. The van der Waals surface area contributed by atoms with E-state index in [1.54, 1.807) is 0 Å². The molecule has 0 aromatic carbocycles. The molecule has 0 aliphatic carbocycles. The van der Waals surface area contributed by atoms with Crippen LogP contribution in [0.1, 0.15) is 47.0 Å². The van der Waals surface area contributed by atoms with Gasteiger partial charge in [-0.15, -0.1) is 0 Å². The zero-order chi connectivity index (χ0) is 9.56. The molecule has 0 aliphatic rings. The van der Waals surface area contributed by atoms with Crippen LogP contribution in [0.3, 0.4) is 0 Å². The van der Waals surface area contributed by atoms with E-state index in [1.165, 1.54) is 19.3 Å². The Labute approximate surface area is 86.3 Å². The summed E-state index contributed by atoms with van der Waals surface area (Å²) >= 11 is 3.52. The summed E-state index contributed by atoms with van der Waals surface area (Å²) in [4.78, 5) is 0. The monoisotopic (exact) mass is 234 g/mol. The van der Waals surface area contributed by atoms with Crippen molar-refractivity contribution in [3.05, 3.63) is 0 Å². The van der Waals surface area contributed by atoms with Crippen molar-refractivity contribution in [2.24, 2.45) is 17.8 Å². The summed E-state index contributed by atoms with van der Waals surface area (Å²) in [6, 6.07) is 0. The standard InChI is InChI=1S/C11H23Br/c1-5-10(3)11(4)7-6-9(2)8-12/h9-11H,5-8H2,1-4H3. The predicted octanol–water partition coefficient (Wildman–Crippen LogP) is 4.48. The Morgan fingerprint density at radius 3 is 2.00 bits per heavy atom. The van der Waals surface area contributed by atoms with E-state index in [9.17, 15) is 0 Å². The van der Waals surface area contributed by atoms with Crippen LogP contribution in [0, 0.1) is 17.8 Å². The second kappa shape index (κ2) is 6.94. The van der Waals surface area contributed by atoms with Gasteiger partial charge in [0, 0.05) is 5.33 Å². The van der Waals surface area contributed by atoms with Crippen molar-refractivity contribution in [2.75, 3.05) is 5.33 Å². The zero-order valence-electron chi connectivity index (χ0n) is 8.94. The molecular weight excluding hydrogens is 212 g/mol. The van der Waals surface area contributed by atoms with E-state index in [-0.39, 0.29) is 0 Å². The van der Waals surface area contributed by atoms with Crippen LogP contribution < -0.4 is 0 Å². The van der Waals surface area contributed by atoms with Gasteiger partial charge in [0.15, 0.2) is 0 Å². The highest BCUT2D eigenvalue weighted by atomic mass is 79.9. The number of rotatable bonds is 6. The topological polar surface area (TPSA) is 0 Å².